The van der Waals surface area contributed by atoms with Gasteiger partial charge in [0, 0.05) is 4.47 Å². The molecule has 1 N–H and O–H groups in total. The van der Waals surface area contributed by atoms with Gasteiger partial charge in [0.25, 0.3) is 0 Å². The maximum absolute atomic E-state index is 13.1. The number of aliphatic hydroxyl groups is 1. The lowest BCUT2D eigenvalue weighted by molar-refractivity contribution is 0.175. The fourth-order valence-electron chi connectivity index (χ4n) is 1.95. The van der Waals surface area contributed by atoms with E-state index in [9.17, 15) is 18.3 Å². The highest BCUT2D eigenvalue weighted by Gasteiger charge is 2.11. The van der Waals surface area contributed by atoms with Gasteiger partial charge in [-0.15, -0.1) is 0 Å². The summed E-state index contributed by atoms with van der Waals surface area (Å²) < 4.78 is 39.4. The average molecular weight is 345 g/mol. The summed E-state index contributed by atoms with van der Waals surface area (Å²) in [4.78, 5) is 0. The van der Waals surface area contributed by atoms with Gasteiger partial charge in [-0.1, -0.05) is 28.1 Å². The summed E-state index contributed by atoms with van der Waals surface area (Å²) in [5, 5.41) is 9.98. The molecule has 5 heteroatoms. The van der Waals surface area contributed by atoms with Crippen molar-refractivity contribution in [2.24, 2.45) is 0 Å². The van der Waals surface area contributed by atoms with Crippen molar-refractivity contribution in [3.05, 3.63) is 69.4 Å². The Bertz CT molecular complexity index is 616. The first kappa shape index (κ1) is 15.1. The van der Waals surface area contributed by atoms with Crippen LogP contribution in [-0.2, 0) is 12.8 Å². The molecule has 0 aromatic heterocycles. The molecule has 0 saturated carbocycles. The lowest BCUT2D eigenvalue weighted by atomic mass is 10.0. The smallest absolute Gasteiger partial charge is 0.159 e. The minimum atomic E-state index is -0.933. The number of rotatable bonds is 4. The van der Waals surface area contributed by atoms with Crippen LogP contribution < -0.4 is 0 Å². The number of benzene rings is 2. The molecule has 0 fully saturated rings. The summed E-state index contributed by atoms with van der Waals surface area (Å²) in [5.74, 6) is -2.21. The molecule has 1 nitrogen and oxygen atoms in total. The van der Waals surface area contributed by atoms with Gasteiger partial charge in [-0.05, 0) is 48.2 Å². The van der Waals surface area contributed by atoms with E-state index in [1.54, 1.807) is 6.07 Å². The first-order valence-electron chi connectivity index (χ1n) is 6.01. The molecule has 1 unspecified atom stereocenters. The Kier molecular flexibility index (Phi) is 4.83. The molecular weight excluding hydrogens is 333 g/mol. The summed E-state index contributed by atoms with van der Waals surface area (Å²) in [7, 11) is 0. The van der Waals surface area contributed by atoms with E-state index in [4.69, 9.17) is 0 Å². The van der Waals surface area contributed by atoms with Crippen molar-refractivity contribution >= 4 is 15.9 Å². The molecule has 0 bridgehead atoms. The molecule has 1 atom stereocenters. The Hall–Kier alpha value is -1.33. The van der Waals surface area contributed by atoms with E-state index in [-0.39, 0.29) is 12.2 Å². The van der Waals surface area contributed by atoms with Crippen molar-refractivity contribution in [2.75, 3.05) is 0 Å². The monoisotopic (exact) mass is 344 g/mol. The summed E-state index contributed by atoms with van der Waals surface area (Å²) in [6.45, 7) is 0. The standard InChI is InChI=1S/C15H12BrF3O/c16-13-8-11(17)3-2-10(13)7-12(20)5-9-1-4-14(18)15(19)6-9/h1-4,6,8,12,20H,5,7H2. The van der Waals surface area contributed by atoms with Crippen LogP contribution in [0, 0.1) is 17.5 Å². The predicted octanol–water partition coefficient (Wildman–Crippen LogP) is 4.01. The number of hydrogen-bond donors (Lipinski definition) is 1. The molecule has 0 amide bonds. The Balaban J connectivity index is 2.04. The molecule has 0 aliphatic heterocycles. The zero-order chi connectivity index (χ0) is 14.7. The van der Waals surface area contributed by atoms with Crippen molar-refractivity contribution < 1.29 is 18.3 Å². The van der Waals surface area contributed by atoms with E-state index >= 15 is 0 Å². The maximum Gasteiger partial charge on any atom is 0.159 e. The Morgan fingerprint density at radius 1 is 0.950 bits per heavy atom. The van der Waals surface area contributed by atoms with Crippen molar-refractivity contribution in [2.45, 2.75) is 18.9 Å². The minimum absolute atomic E-state index is 0.195. The first-order chi connectivity index (χ1) is 9.45. The second kappa shape index (κ2) is 6.41. The SMILES string of the molecule is OC(Cc1ccc(F)c(F)c1)Cc1ccc(F)cc1Br. The highest BCUT2D eigenvalue weighted by atomic mass is 79.9. The molecule has 0 aliphatic rings. The third-order valence-corrected chi connectivity index (χ3v) is 3.66. The third-order valence-electron chi connectivity index (χ3n) is 2.93. The molecule has 106 valence electrons. The van der Waals surface area contributed by atoms with E-state index in [1.807, 2.05) is 0 Å². The second-order valence-corrected chi connectivity index (χ2v) is 5.40. The molecule has 2 aromatic carbocycles. The number of aliphatic hydroxyl groups excluding tert-OH is 1. The summed E-state index contributed by atoms with van der Waals surface area (Å²) in [5.41, 5.74) is 1.26. The van der Waals surface area contributed by atoms with Crippen LogP contribution in [0.4, 0.5) is 13.2 Å². The zero-order valence-electron chi connectivity index (χ0n) is 10.4. The molecule has 2 aromatic rings. The van der Waals surface area contributed by atoms with Crippen LogP contribution in [0.1, 0.15) is 11.1 Å². The maximum atomic E-state index is 13.1. The molecule has 0 heterocycles. The Morgan fingerprint density at radius 2 is 1.70 bits per heavy atom. The van der Waals surface area contributed by atoms with Crippen LogP contribution in [0.25, 0.3) is 0 Å². The van der Waals surface area contributed by atoms with Gasteiger partial charge >= 0.3 is 0 Å². The van der Waals surface area contributed by atoms with Gasteiger partial charge in [0.05, 0.1) is 6.10 Å². The van der Waals surface area contributed by atoms with Crippen LogP contribution in [0.5, 0.6) is 0 Å². The predicted molar refractivity (Wildman–Crippen MR) is 73.9 cm³/mol. The summed E-state index contributed by atoms with van der Waals surface area (Å²) >= 11 is 3.22. The Labute approximate surface area is 123 Å². The van der Waals surface area contributed by atoms with E-state index in [0.717, 1.165) is 17.7 Å². The highest BCUT2D eigenvalue weighted by Crippen LogP contribution is 2.20. The fourth-order valence-corrected chi connectivity index (χ4v) is 2.46. The van der Waals surface area contributed by atoms with Gasteiger partial charge in [-0.3, -0.25) is 0 Å². The topological polar surface area (TPSA) is 20.2 Å². The molecule has 20 heavy (non-hydrogen) atoms. The van der Waals surface area contributed by atoms with Gasteiger partial charge < -0.3 is 5.11 Å². The van der Waals surface area contributed by atoms with E-state index in [0.29, 0.717) is 16.5 Å². The van der Waals surface area contributed by atoms with Gasteiger partial charge in [-0.25, -0.2) is 13.2 Å². The van der Waals surface area contributed by atoms with Gasteiger partial charge in [0.2, 0.25) is 0 Å². The van der Waals surface area contributed by atoms with E-state index in [2.05, 4.69) is 15.9 Å². The van der Waals surface area contributed by atoms with Crippen LogP contribution in [0.15, 0.2) is 40.9 Å². The van der Waals surface area contributed by atoms with Gasteiger partial charge in [-0.2, -0.15) is 0 Å². The number of hydrogen-bond acceptors (Lipinski definition) is 1. The van der Waals surface area contributed by atoms with E-state index in [1.165, 1.54) is 18.2 Å². The lowest BCUT2D eigenvalue weighted by Gasteiger charge is -2.12. The zero-order valence-corrected chi connectivity index (χ0v) is 12.0. The fraction of sp³-hybridized carbons (Fsp3) is 0.200. The second-order valence-electron chi connectivity index (χ2n) is 4.55. The first-order valence-corrected chi connectivity index (χ1v) is 6.81. The van der Waals surface area contributed by atoms with Crippen molar-refractivity contribution in [3.8, 4) is 0 Å². The average Bonchev–Trinajstić information content (AvgIpc) is 2.37. The lowest BCUT2D eigenvalue weighted by Crippen LogP contribution is -2.14. The van der Waals surface area contributed by atoms with Gasteiger partial charge in [0.1, 0.15) is 5.82 Å². The Morgan fingerprint density at radius 3 is 2.35 bits per heavy atom. The molecule has 0 aliphatic carbocycles. The number of halogens is 4. The molecule has 0 saturated heterocycles. The van der Waals surface area contributed by atoms with Crippen LogP contribution in [-0.4, -0.2) is 11.2 Å². The molecule has 0 radical (unpaired) electrons. The van der Waals surface area contributed by atoms with Crippen molar-refractivity contribution in [1.29, 1.82) is 0 Å². The van der Waals surface area contributed by atoms with Crippen LogP contribution >= 0.6 is 15.9 Å². The molecular formula is C15H12BrF3O. The largest absolute Gasteiger partial charge is 0.392 e. The third kappa shape index (κ3) is 3.84. The van der Waals surface area contributed by atoms with Crippen molar-refractivity contribution in [3.63, 3.8) is 0 Å². The summed E-state index contributed by atoms with van der Waals surface area (Å²) in [6, 6.07) is 7.74. The van der Waals surface area contributed by atoms with Crippen LogP contribution in [0.3, 0.4) is 0 Å². The van der Waals surface area contributed by atoms with Crippen LogP contribution in [0.2, 0.25) is 0 Å². The molecule has 0 spiro atoms. The normalized spacial score (nSPS) is 12.4. The summed E-state index contributed by atoms with van der Waals surface area (Å²) in [6.07, 6.45) is -0.275. The van der Waals surface area contributed by atoms with Gasteiger partial charge in [0.15, 0.2) is 11.6 Å². The van der Waals surface area contributed by atoms with Crippen molar-refractivity contribution in [1.82, 2.24) is 0 Å². The molecule has 2 rings (SSSR count). The minimum Gasteiger partial charge on any atom is -0.392 e. The van der Waals surface area contributed by atoms with E-state index < -0.39 is 17.7 Å². The quantitative estimate of drug-likeness (QED) is 0.888. The highest BCUT2D eigenvalue weighted by molar-refractivity contribution is 9.10.